The number of carboxylic acids is 1. The van der Waals surface area contributed by atoms with Crippen molar-refractivity contribution in [1.82, 2.24) is 10.2 Å². The molecule has 0 saturated carbocycles. The Morgan fingerprint density at radius 3 is 2.43 bits per heavy atom. The number of hydrogen-bond acceptors (Lipinski definition) is 5. The lowest BCUT2D eigenvalue weighted by molar-refractivity contribution is -0.142. The summed E-state index contributed by atoms with van der Waals surface area (Å²) in [5.41, 5.74) is 2.98. The Bertz CT molecular complexity index is 1440. The Morgan fingerprint density at radius 2 is 1.76 bits per heavy atom. The highest BCUT2D eigenvalue weighted by atomic mass is 35.5. The van der Waals surface area contributed by atoms with Crippen LogP contribution in [0.4, 0.5) is 0 Å². The number of nitrogens with zero attached hydrogens (tertiary/aromatic N) is 1. The lowest BCUT2D eigenvalue weighted by Gasteiger charge is -2.31. The number of carboxylic acid groups (broad SMARTS) is 1. The molecule has 37 heavy (non-hydrogen) atoms. The van der Waals surface area contributed by atoms with Crippen molar-refractivity contribution in [3.8, 4) is 0 Å². The first-order valence-electron chi connectivity index (χ1n) is 11.6. The summed E-state index contributed by atoms with van der Waals surface area (Å²) in [5, 5.41) is 13.9. The number of carbonyl (C=O) groups is 2. The molecule has 194 valence electrons. The number of sulfone groups is 1. The van der Waals surface area contributed by atoms with Crippen molar-refractivity contribution in [2.75, 3.05) is 12.8 Å². The minimum atomic E-state index is -3.50. The zero-order valence-electron chi connectivity index (χ0n) is 20.1. The summed E-state index contributed by atoms with van der Waals surface area (Å²) in [7, 11) is -3.50. The smallest absolute Gasteiger partial charge is 0.326 e. The number of amides is 1. The van der Waals surface area contributed by atoms with E-state index in [0.717, 1.165) is 22.9 Å². The summed E-state index contributed by atoms with van der Waals surface area (Å²) in [4.78, 5) is 27.9. The summed E-state index contributed by atoms with van der Waals surface area (Å²) in [6.07, 6.45) is 1.59. The van der Waals surface area contributed by atoms with Gasteiger partial charge >= 0.3 is 5.97 Å². The number of benzene rings is 3. The Labute approximate surface area is 225 Å². The second-order valence-corrected chi connectivity index (χ2v) is 11.8. The first-order valence-corrected chi connectivity index (χ1v) is 14.3. The van der Waals surface area contributed by atoms with Crippen LogP contribution < -0.4 is 5.32 Å². The van der Waals surface area contributed by atoms with Crippen molar-refractivity contribution in [1.29, 1.82) is 0 Å². The Balaban J connectivity index is 1.79. The number of fused-ring (bicyclic) bond motifs is 1. The average Bonchev–Trinajstić information content (AvgIpc) is 2.86. The Hall–Kier alpha value is -2.91. The summed E-state index contributed by atoms with van der Waals surface area (Å²) in [6.45, 7) is 1.27. The molecule has 0 aliphatic carbocycles. The normalized spacial score (nSPS) is 14.0. The van der Waals surface area contributed by atoms with E-state index in [-0.39, 0.29) is 33.5 Å². The number of halogens is 2. The standard InChI is InChI=1S/C27H26Cl2N2O5S/c1-37(35,36)20-9-5-8-18(12-20)13-23(27(33)34)31(16-17-6-3-2-4-7-17)26(32)24-22(28)14-19-15-30-11-10-21(19)25(24)29/h2-9,12,14,23,30H,10-11,13,15-16H2,1H3,(H,33,34)/t23-/m0/s1. The summed E-state index contributed by atoms with van der Waals surface area (Å²) in [6, 6.07) is 15.5. The van der Waals surface area contributed by atoms with Crippen LogP contribution in [0.25, 0.3) is 0 Å². The van der Waals surface area contributed by atoms with Crippen LogP contribution in [0.1, 0.15) is 32.6 Å². The highest BCUT2D eigenvalue weighted by molar-refractivity contribution is 7.90. The van der Waals surface area contributed by atoms with Crippen LogP contribution in [0.3, 0.4) is 0 Å². The van der Waals surface area contributed by atoms with Gasteiger partial charge in [0.2, 0.25) is 0 Å². The number of carbonyl (C=O) groups excluding carboxylic acids is 1. The third-order valence-corrected chi connectivity index (χ3v) is 8.19. The van der Waals surface area contributed by atoms with Gasteiger partial charge in [-0.1, -0.05) is 65.7 Å². The molecule has 0 unspecified atom stereocenters. The first kappa shape index (κ1) is 27.1. The van der Waals surface area contributed by atoms with E-state index in [1.165, 1.54) is 17.0 Å². The maximum Gasteiger partial charge on any atom is 0.326 e. The molecule has 1 heterocycles. The quantitative estimate of drug-likeness (QED) is 0.423. The molecule has 1 aliphatic rings. The molecule has 3 aromatic rings. The van der Waals surface area contributed by atoms with Crippen molar-refractivity contribution in [3.63, 3.8) is 0 Å². The van der Waals surface area contributed by atoms with E-state index in [2.05, 4.69) is 5.32 Å². The molecule has 0 saturated heterocycles. The van der Waals surface area contributed by atoms with E-state index in [1.807, 2.05) is 6.07 Å². The van der Waals surface area contributed by atoms with Crippen molar-refractivity contribution in [3.05, 3.63) is 98.5 Å². The van der Waals surface area contributed by atoms with E-state index >= 15 is 0 Å². The molecule has 10 heteroatoms. The zero-order valence-corrected chi connectivity index (χ0v) is 22.4. The predicted molar refractivity (Wildman–Crippen MR) is 143 cm³/mol. The molecule has 0 aromatic heterocycles. The molecule has 1 amide bonds. The van der Waals surface area contributed by atoms with Crippen molar-refractivity contribution >= 4 is 44.9 Å². The Morgan fingerprint density at radius 1 is 1.05 bits per heavy atom. The lowest BCUT2D eigenvalue weighted by atomic mass is 9.96. The van der Waals surface area contributed by atoms with Gasteiger partial charge in [0.05, 0.1) is 20.5 Å². The molecule has 0 spiro atoms. The third kappa shape index (κ3) is 6.15. The lowest BCUT2D eigenvalue weighted by Crippen LogP contribution is -2.46. The van der Waals surface area contributed by atoms with Crippen molar-refractivity contribution < 1.29 is 23.1 Å². The highest BCUT2D eigenvalue weighted by Crippen LogP contribution is 2.35. The molecule has 3 aromatic carbocycles. The number of rotatable bonds is 8. The fraction of sp³-hybridized carbons (Fsp3) is 0.259. The molecule has 0 radical (unpaired) electrons. The van der Waals surface area contributed by atoms with Gasteiger partial charge in [-0.3, -0.25) is 4.79 Å². The van der Waals surface area contributed by atoms with Crippen LogP contribution in [0.2, 0.25) is 10.0 Å². The van der Waals surface area contributed by atoms with Gasteiger partial charge in [0, 0.05) is 25.8 Å². The summed E-state index contributed by atoms with van der Waals surface area (Å²) >= 11 is 13.3. The summed E-state index contributed by atoms with van der Waals surface area (Å²) < 4.78 is 24.1. The molecule has 1 atom stereocenters. The fourth-order valence-corrected chi connectivity index (χ4v) is 5.92. The first-order chi connectivity index (χ1) is 17.6. The molecule has 0 bridgehead atoms. The van der Waals surface area contributed by atoms with Gasteiger partial charge < -0.3 is 15.3 Å². The molecular weight excluding hydrogens is 535 g/mol. The van der Waals surface area contributed by atoms with E-state index in [1.54, 1.807) is 42.5 Å². The van der Waals surface area contributed by atoms with Gasteiger partial charge in [-0.2, -0.15) is 0 Å². The number of nitrogens with one attached hydrogen (secondary N) is 1. The monoisotopic (exact) mass is 560 g/mol. The minimum absolute atomic E-state index is 0.00624. The van der Waals surface area contributed by atoms with Crippen LogP contribution in [0, 0.1) is 0 Å². The Kier molecular flexibility index (Phi) is 8.23. The summed E-state index contributed by atoms with van der Waals surface area (Å²) in [5.74, 6) is -1.84. The fourth-order valence-electron chi connectivity index (χ4n) is 4.47. The topological polar surface area (TPSA) is 104 Å². The van der Waals surface area contributed by atoms with Crippen molar-refractivity contribution in [2.24, 2.45) is 0 Å². The molecule has 2 N–H and O–H groups in total. The van der Waals surface area contributed by atoms with Crippen LogP contribution in [0.5, 0.6) is 0 Å². The van der Waals surface area contributed by atoms with Crippen LogP contribution in [-0.2, 0) is 40.6 Å². The largest absolute Gasteiger partial charge is 0.480 e. The second-order valence-electron chi connectivity index (χ2n) is 9.01. The van der Waals surface area contributed by atoms with Crippen LogP contribution in [0.15, 0.2) is 65.6 Å². The van der Waals surface area contributed by atoms with Gasteiger partial charge in [-0.05, 0) is 53.4 Å². The van der Waals surface area contributed by atoms with E-state index < -0.39 is 27.8 Å². The van der Waals surface area contributed by atoms with E-state index in [9.17, 15) is 23.1 Å². The third-order valence-electron chi connectivity index (χ3n) is 6.37. The SMILES string of the molecule is CS(=O)(=O)c1cccc(C[C@@H](C(=O)O)N(Cc2ccccc2)C(=O)c2c(Cl)cc3c(c2Cl)CCNC3)c1. The van der Waals surface area contributed by atoms with Gasteiger partial charge in [-0.25, -0.2) is 13.2 Å². The minimum Gasteiger partial charge on any atom is -0.480 e. The number of aliphatic carboxylic acids is 1. The second kappa shape index (κ2) is 11.2. The van der Waals surface area contributed by atoms with Crippen LogP contribution >= 0.6 is 23.2 Å². The van der Waals surface area contributed by atoms with Crippen molar-refractivity contribution in [2.45, 2.75) is 36.9 Å². The average molecular weight is 561 g/mol. The maximum atomic E-state index is 14.0. The maximum absolute atomic E-state index is 14.0. The van der Waals surface area contributed by atoms with Gasteiger partial charge in [-0.15, -0.1) is 0 Å². The van der Waals surface area contributed by atoms with Gasteiger partial charge in [0.25, 0.3) is 5.91 Å². The van der Waals surface area contributed by atoms with Gasteiger partial charge in [0.15, 0.2) is 9.84 Å². The molecule has 1 aliphatic heterocycles. The van der Waals surface area contributed by atoms with Gasteiger partial charge in [0.1, 0.15) is 6.04 Å². The van der Waals surface area contributed by atoms with Crippen LogP contribution in [-0.4, -0.2) is 49.1 Å². The van der Waals surface area contributed by atoms with E-state index in [4.69, 9.17) is 23.2 Å². The van der Waals surface area contributed by atoms with E-state index in [0.29, 0.717) is 25.1 Å². The molecular formula is C27H26Cl2N2O5S. The molecule has 7 nitrogen and oxygen atoms in total. The molecule has 0 fully saturated rings. The highest BCUT2D eigenvalue weighted by Gasteiger charge is 2.34. The molecule has 4 rings (SSSR count). The zero-order chi connectivity index (χ0) is 26.7. The number of hydrogen-bond donors (Lipinski definition) is 2. The predicted octanol–water partition coefficient (Wildman–Crippen LogP) is 4.38.